The number of aromatic amines is 1. The number of anilines is 1. The Morgan fingerprint density at radius 1 is 1.29 bits per heavy atom. The smallest absolute Gasteiger partial charge is 0.128 e. The maximum Gasteiger partial charge on any atom is 0.128 e. The van der Waals surface area contributed by atoms with Crippen molar-refractivity contribution in [2.24, 2.45) is 0 Å². The Hall–Kier alpha value is -1.97. The Bertz CT molecular complexity index is 531. The number of methoxy groups -OCH3 is 1. The number of nitrogens with zero attached hydrogens (tertiary/aromatic N) is 1. The van der Waals surface area contributed by atoms with Crippen molar-refractivity contribution < 1.29 is 4.74 Å². The number of aryl methyl sites for hydroxylation is 2. The number of ether oxygens (including phenoxy) is 1. The molecule has 0 atom stereocenters. The molecule has 0 saturated heterocycles. The van der Waals surface area contributed by atoms with Crippen LogP contribution in [0.4, 0.5) is 5.69 Å². The van der Waals surface area contributed by atoms with Crippen molar-refractivity contribution in [3.8, 4) is 17.0 Å². The van der Waals surface area contributed by atoms with Crippen LogP contribution in [0.2, 0.25) is 0 Å². The topological polar surface area (TPSA) is 49.9 Å². The quantitative estimate of drug-likeness (QED) is 0.854. The normalized spacial score (nSPS) is 10.4. The number of rotatable bonds is 3. The molecule has 0 unspecified atom stereocenters. The molecular weight excluding hydrogens is 214 g/mol. The number of hydrogen-bond acceptors (Lipinski definition) is 3. The number of hydrogen-bond donors (Lipinski definition) is 2. The molecule has 0 aliphatic rings. The fourth-order valence-corrected chi connectivity index (χ4v) is 1.94. The lowest BCUT2D eigenvalue weighted by atomic mass is 10.1. The Balaban J connectivity index is 2.62. The minimum absolute atomic E-state index is 0.832. The van der Waals surface area contributed by atoms with Gasteiger partial charge in [-0.05, 0) is 26.0 Å². The van der Waals surface area contributed by atoms with Crippen LogP contribution in [-0.4, -0.2) is 24.4 Å². The molecule has 2 rings (SSSR count). The third-order valence-corrected chi connectivity index (χ3v) is 2.81. The van der Waals surface area contributed by atoms with Crippen LogP contribution < -0.4 is 10.1 Å². The first-order chi connectivity index (χ1) is 8.17. The molecule has 1 heterocycles. The Kier molecular flexibility index (Phi) is 3.04. The molecule has 0 amide bonds. The number of benzene rings is 1. The van der Waals surface area contributed by atoms with Gasteiger partial charge in [-0.2, -0.15) is 5.10 Å². The van der Waals surface area contributed by atoms with Crippen LogP contribution in [-0.2, 0) is 0 Å². The molecule has 0 saturated carbocycles. The summed E-state index contributed by atoms with van der Waals surface area (Å²) in [7, 11) is 3.57. The van der Waals surface area contributed by atoms with Gasteiger partial charge in [0.1, 0.15) is 11.4 Å². The van der Waals surface area contributed by atoms with E-state index in [0.29, 0.717) is 0 Å². The zero-order chi connectivity index (χ0) is 12.4. The lowest BCUT2D eigenvalue weighted by molar-refractivity contribution is 0.416. The Morgan fingerprint density at radius 2 is 2.06 bits per heavy atom. The van der Waals surface area contributed by atoms with Crippen LogP contribution in [0.5, 0.6) is 5.75 Å². The molecular formula is C13H17N3O. The fourth-order valence-electron chi connectivity index (χ4n) is 1.94. The molecule has 0 aliphatic heterocycles. The van der Waals surface area contributed by atoms with Gasteiger partial charge in [-0.1, -0.05) is 11.6 Å². The largest absolute Gasteiger partial charge is 0.496 e. The first-order valence-corrected chi connectivity index (χ1v) is 5.55. The average molecular weight is 231 g/mol. The number of H-pyrrole nitrogens is 1. The van der Waals surface area contributed by atoms with E-state index < -0.39 is 0 Å². The number of nitrogens with one attached hydrogen (secondary N) is 2. The highest BCUT2D eigenvalue weighted by Gasteiger charge is 2.15. The van der Waals surface area contributed by atoms with Crippen molar-refractivity contribution in [1.82, 2.24) is 10.2 Å². The van der Waals surface area contributed by atoms with E-state index in [9.17, 15) is 0 Å². The van der Waals surface area contributed by atoms with Crippen LogP contribution in [0.25, 0.3) is 11.3 Å². The molecule has 1 aromatic carbocycles. The molecule has 4 heteroatoms. The summed E-state index contributed by atoms with van der Waals surface area (Å²) in [6.45, 7) is 4.05. The lowest BCUT2D eigenvalue weighted by Gasteiger charge is -2.09. The fraction of sp³-hybridized carbons (Fsp3) is 0.308. The molecule has 17 heavy (non-hydrogen) atoms. The predicted molar refractivity (Wildman–Crippen MR) is 69.6 cm³/mol. The van der Waals surface area contributed by atoms with Crippen LogP contribution in [0.1, 0.15) is 11.3 Å². The van der Waals surface area contributed by atoms with Crippen molar-refractivity contribution in [3.05, 3.63) is 29.5 Å². The van der Waals surface area contributed by atoms with E-state index in [1.54, 1.807) is 7.11 Å². The van der Waals surface area contributed by atoms with Gasteiger partial charge >= 0.3 is 0 Å². The monoisotopic (exact) mass is 231 g/mol. The van der Waals surface area contributed by atoms with Crippen molar-refractivity contribution >= 4 is 5.69 Å². The highest BCUT2D eigenvalue weighted by atomic mass is 16.5. The van der Waals surface area contributed by atoms with Gasteiger partial charge in [-0.15, -0.1) is 0 Å². The molecule has 0 aliphatic carbocycles. The van der Waals surface area contributed by atoms with Gasteiger partial charge in [-0.25, -0.2) is 0 Å². The molecule has 0 fully saturated rings. The Morgan fingerprint density at radius 3 is 2.71 bits per heavy atom. The van der Waals surface area contributed by atoms with Crippen LogP contribution in [0, 0.1) is 13.8 Å². The summed E-state index contributed by atoms with van der Waals surface area (Å²) in [5.41, 5.74) is 5.11. The van der Waals surface area contributed by atoms with Crippen LogP contribution >= 0.6 is 0 Å². The first-order valence-electron chi connectivity index (χ1n) is 5.55. The molecule has 2 aromatic rings. The van der Waals surface area contributed by atoms with Crippen molar-refractivity contribution in [2.75, 3.05) is 19.5 Å². The second-order valence-corrected chi connectivity index (χ2v) is 4.03. The summed E-state index contributed by atoms with van der Waals surface area (Å²) in [6, 6.07) is 6.07. The van der Waals surface area contributed by atoms with Gasteiger partial charge in [0.2, 0.25) is 0 Å². The van der Waals surface area contributed by atoms with Gasteiger partial charge in [0.05, 0.1) is 18.5 Å². The summed E-state index contributed by atoms with van der Waals surface area (Å²) in [5, 5.41) is 10.5. The van der Waals surface area contributed by atoms with Gasteiger partial charge < -0.3 is 10.1 Å². The summed E-state index contributed by atoms with van der Waals surface area (Å²) in [5.74, 6) is 0.832. The van der Waals surface area contributed by atoms with Gasteiger partial charge in [0.15, 0.2) is 0 Å². The Labute approximate surface area is 101 Å². The third kappa shape index (κ3) is 1.98. The molecule has 1 aromatic heterocycles. The van der Waals surface area contributed by atoms with E-state index in [0.717, 1.165) is 28.4 Å². The van der Waals surface area contributed by atoms with Crippen molar-refractivity contribution in [2.45, 2.75) is 13.8 Å². The van der Waals surface area contributed by atoms with Crippen LogP contribution in [0.3, 0.4) is 0 Å². The molecule has 0 spiro atoms. The second-order valence-electron chi connectivity index (χ2n) is 4.03. The molecule has 0 radical (unpaired) electrons. The zero-order valence-corrected chi connectivity index (χ0v) is 10.6. The second kappa shape index (κ2) is 4.49. The third-order valence-electron chi connectivity index (χ3n) is 2.81. The van der Waals surface area contributed by atoms with E-state index >= 15 is 0 Å². The highest BCUT2D eigenvalue weighted by Crippen LogP contribution is 2.35. The maximum atomic E-state index is 5.38. The molecule has 2 N–H and O–H groups in total. The van der Waals surface area contributed by atoms with Gasteiger partial charge in [0.25, 0.3) is 0 Å². The predicted octanol–water partition coefficient (Wildman–Crippen LogP) is 2.74. The maximum absolute atomic E-state index is 5.38. The van der Waals surface area contributed by atoms with Gasteiger partial charge in [-0.3, -0.25) is 5.10 Å². The summed E-state index contributed by atoms with van der Waals surface area (Å²) in [6.07, 6.45) is 0. The van der Waals surface area contributed by atoms with Crippen molar-refractivity contribution in [1.29, 1.82) is 0 Å². The minimum Gasteiger partial charge on any atom is -0.496 e. The van der Waals surface area contributed by atoms with E-state index in [1.807, 2.05) is 26.1 Å². The zero-order valence-electron chi connectivity index (χ0n) is 10.6. The highest BCUT2D eigenvalue weighted by molar-refractivity contribution is 5.80. The number of aromatic nitrogens is 2. The molecule has 0 bridgehead atoms. The average Bonchev–Trinajstić information content (AvgIpc) is 2.70. The summed E-state index contributed by atoms with van der Waals surface area (Å²) >= 11 is 0. The first kappa shape index (κ1) is 11.5. The van der Waals surface area contributed by atoms with E-state index in [-0.39, 0.29) is 0 Å². The van der Waals surface area contributed by atoms with E-state index in [1.165, 1.54) is 5.56 Å². The summed E-state index contributed by atoms with van der Waals surface area (Å²) in [4.78, 5) is 0. The minimum atomic E-state index is 0.832. The van der Waals surface area contributed by atoms with Crippen molar-refractivity contribution in [3.63, 3.8) is 0 Å². The van der Waals surface area contributed by atoms with E-state index in [2.05, 4.69) is 28.5 Å². The SMILES string of the molecule is CNc1c(-c2cc(C)ccc2OC)n[nH]c1C. The van der Waals surface area contributed by atoms with Gasteiger partial charge in [0, 0.05) is 12.6 Å². The van der Waals surface area contributed by atoms with Crippen LogP contribution in [0.15, 0.2) is 18.2 Å². The lowest BCUT2D eigenvalue weighted by Crippen LogP contribution is -1.94. The van der Waals surface area contributed by atoms with E-state index in [4.69, 9.17) is 4.74 Å². The summed E-state index contributed by atoms with van der Waals surface area (Å²) < 4.78 is 5.38. The molecule has 90 valence electrons. The standard InChI is InChI=1S/C13H17N3O/c1-8-5-6-11(17-4)10(7-8)13-12(14-3)9(2)15-16-13/h5-7,14H,1-4H3,(H,15,16). The molecule has 4 nitrogen and oxygen atoms in total.